The first-order valence-electron chi connectivity index (χ1n) is 7.68. The van der Waals surface area contributed by atoms with Gasteiger partial charge in [-0.05, 0) is 51.3 Å². The minimum atomic E-state index is -0.176. The van der Waals surface area contributed by atoms with Gasteiger partial charge in [0.25, 0.3) is 0 Å². The van der Waals surface area contributed by atoms with E-state index in [4.69, 9.17) is 4.98 Å². The summed E-state index contributed by atoms with van der Waals surface area (Å²) in [5.41, 5.74) is 2.87. The highest BCUT2D eigenvalue weighted by atomic mass is 32.1. The predicted molar refractivity (Wildman–Crippen MR) is 86.2 cm³/mol. The molecule has 4 heteroatoms. The Labute approximate surface area is 129 Å². The van der Waals surface area contributed by atoms with Crippen LogP contribution in [0.4, 0.5) is 4.39 Å². The summed E-state index contributed by atoms with van der Waals surface area (Å²) in [6, 6.07) is 5.64. The Morgan fingerprint density at radius 1 is 1.43 bits per heavy atom. The molecule has 0 saturated carbocycles. The quantitative estimate of drug-likeness (QED) is 0.890. The molecule has 1 aromatic heterocycles. The lowest BCUT2D eigenvalue weighted by atomic mass is 9.98. The number of fused-ring (bicyclic) bond motifs is 1. The number of rotatable bonds is 4. The van der Waals surface area contributed by atoms with Crippen LogP contribution in [0.15, 0.2) is 18.2 Å². The van der Waals surface area contributed by atoms with Gasteiger partial charge in [-0.15, -0.1) is 11.3 Å². The molecule has 0 amide bonds. The van der Waals surface area contributed by atoms with Gasteiger partial charge in [0.2, 0.25) is 0 Å². The SMILES string of the molecule is CCCNC1CCCc2nc(-c3cc(C)ccc3F)sc21. The minimum Gasteiger partial charge on any atom is -0.309 e. The zero-order valence-corrected chi connectivity index (χ0v) is 13.4. The molecule has 0 spiro atoms. The Morgan fingerprint density at radius 3 is 3.10 bits per heavy atom. The zero-order valence-electron chi connectivity index (χ0n) is 12.6. The van der Waals surface area contributed by atoms with Crippen molar-refractivity contribution < 1.29 is 4.39 Å². The van der Waals surface area contributed by atoms with Crippen LogP contribution in [0.5, 0.6) is 0 Å². The Balaban J connectivity index is 1.96. The molecule has 1 aliphatic rings. The number of aromatic nitrogens is 1. The third-order valence-electron chi connectivity index (χ3n) is 3.94. The normalized spacial score (nSPS) is 17.8. The number of nitrogens with one attached hydrogen (secondary N) is 1. The molecule has 1 N–H and O–H groups in total. The Hall–Kier alpha value is -1.26. The minimum absolute atomic E-state index is 0.176. The molecular formula is C17H21FN2S. The van der Waals surface area contributed by atoms with E-state index < -0.39 is 0 Å². The lowest BCUT2D eigenvalue weighted by molar-refractivity contribution is 0.465. The summed E-state index contributed by atoms with van der Waals surface area (Å²) in [6.45, 7) is 5.19. The third-order valence-corrected chi connectivity index (χ3v) is 5.19. The first kappa shape index (κ1) is 14.7. The van der Waals surface area contributed by atoms with Gasteiger partial charge in [0.1, 0.15) is 10.8 Å². The number of aryl methyl sites for hydroxylation is 2. The van der Waals surface area contributed by atoms with E-state index in [0.717, 1.165) is 48.5 Å². The van der Waals surface area contributed by atoms with E-state index in [1.54, 1.807) is 17.4 Å². The van der Waals surface area contributed by atoms with Crippen molar-refractivity contribution >= 4 is 11.3 Å². The van der Waals surface area contributed by atoms with Crippen LogP contribution in [0.2, 0.25) is 0 Å². The molecule has 1 heterocycles. The summed E-state index contributed by atoms with van der Waals surface area (Å²) in [6.07, 6.45) is 4.46. The van der Waals surface area contributed by atoms with Crippen molar-refractivity contribution in [3.63, 3.8) is 0 Å². The third kappa shape index (κ3) is 3.01. The molecule has 2 aromatic rings. The van der Waals surface area contributed by atoms with Gasteiger partial charge < -0.3 is 5.32 Å². The van der Waals surface area contributed by atoms with Crippen molar-refractivity contribution in [2.45, 2.75) is 45.6 Å². The lowest BCUT2D eigenvalue weighted by Gasteiger charge is -2.22. The van der Waals surface area contributed by atoms with Crippen LogP contribution in [-0.2, 0) is 6.42 Å². The molecule has 0 saturated heterocycles. The molecule has 21 heavy (non-hydrogen) atoms. The van der Waals surface area contributed by atoms with Crippen LogP contribution in [-0.4, -0.2) is 11.5 Å². The maximum atomic E-state index is 14.1. The molecule has 2 nitrogen and oxygen atoms in total. The summed E-state index contributed by atoms with van der Waals surface area (Å²) >= 11 is 1.66. The molecule has 0 bridgehead atoms. The summed E-state index contributed by atoms with van der Waals surface area (Å²) < 4.78 is 14.1. The standard InChI is InChI=1S/C17H21FN2S/c1-3-9-19-14-5-4-6-15-16(14)21-17(20-15)12-10-11(2)7-8-13(12)18/h7-8,10,14,19H,3-6,9H2,1-2H3. The largest absolute Gasteiger partial charge is 0.309 e. The molecule has 1 unspecified atom stereocenters. The van der Waals surface area contributed by atoms with E-state index in [0.29, 0.717) is 11.6 Å². The number of thiazole rings is 1. The maximum Gasteiger partial charge on any atom is 0.133 e. The van der Waals surface area contributed by atoms with E-state index in [-0.39, 0.29) is 5.82 Å². The van der Waals surface area contributed by atoms with Crippen molar-refractivity contribution in [3.8, 4) is 10.6 Å². The second-order valence-corrected chi connectivity index (χ2v) is 6.74. The molecule has 0 aliphatic heterocycles. The monoisotopic (exact) mass is 304 g/mol. The van der Waals surface area contributed by atoms with E-state index in [9.17, 15) is 4.39 Å². The van der Waals surface area contributed by atoms with E-state index >= 15 is 0 Å². The fourth-order valence-corrected chi connectivity index (χ4v) is 4.09. The highest BCUT2D eigenvalue weighted by Gasteiger charge is 2.25. The maximum absolute atomic E-state index is 14.1. The average Bonchev–Trinajstić information content (AvgIpc) is 2.92. The van der Waals surface area contributed by atoms with Crippen molar-refractivity contribution in [1.29, 1.82) is 0 Å². The Morgan fingerprint density at radius 2 is 2.29 bits per heavy atom. The molecule has 1 aliphatic carbocycles. The highest BCUT2D eigenvalue weighted by molar-refractivity contribution is 7.15. The topological polar surface area (TPSA) is 24.9 Å². The molecule has 1 aromatic carbocycles. The number of hydrogen-bond donors (Lipinski definition) is 1. The fourth-order valence-electron chi connectivity index (χ4n) is 2.85. The smallest absolute Gasteiger partial charge is 0.133 e. The number of nitrogens with zero attached hydrogens (tertiary/aromatic N) is 1. The summed E-state index contributed by atoms with van der Waals surface area (Å²) in [5.74, 6) is -0.176. The van der Waals surface area contributed by atoms with Gasteiger partial charge in [-0.3, -0.25) is 0 Å². The van der Waals surface area contributed by atoms with Crippen molar-refractivity contribution in [2.24, 2.45) is 0 Å². The van der Waals surface area contributed by atoms with Crippen molar-refractivity contribution in [1.82, 2.24) is 10.3 Å². The van der Waals surface area contributed by atoms with Crippen LogP contribution in [0.25, 0.3) is 10.6 Å². The van der Waals surface area contributed by atoms with Gasteiger partial charge in [-0.2, -0.15) is 0 Å². The van der Waals surface area contributed by atoms with Crippen LogP contribution in [0.1, 0.15) is 48.4 Å². The van der Waals surface area contributed by atoms with Crippen molar-refractivity contribution in [2.75, 3.05) is 6.54 Å². The first-order chi connectivity index (χ1) is 10.2. The van der Waals surface area contributed by atoms with Gasteiger partial charge in [0.05, 0.1) is 5.69 Å². The summed E-state index contributed by atoms with van der Waals surface area (Å²) in [7, 11) is 0. The lowest BCUT2D eigenvalue weighted by Crippen LogP contribution is -2.24. The predicted octanol–water partition coefficient (Wildman–Crippen LogP) is 4.63. The Kier molecular flexibility index (Phi) is 4.36. The van der Waals surface area contributed by atoms with Crippen LogP contribution < -0.4 is 5.32 Å². The average molecular weight is 304 g/mol. The molecule has 1 atom stereocenters. The molecule has 3 rings (SSSR count). The molecular weight excluding hydrogens is 283 g/mol. The van der Waals surface area contributed by atoms with Gasteiger partial charge >= 0.3 is 0 Å². The van der Waals surface area contributed by atoms with Gasteiger partial charge in [-0.1, -0.05) is 18.6 Å². The molecule has 112 valence electrons. The highest BCUT2D eigenvalue weighted by Crippen LogP contribution is 2.38. The summed E-state index contributed by atoms with van der Waals surface area (Å²) in [5, 5.41) is 4.42. The van der Waals surface area contributed by atoms with Gasteiger partial charge in [-0.25, -0.2) is 9.37 Å². The second-order valence-electron chi connectivity index (χ2n) is 5.71. The number of hydrogen-bond acceptors (Lipinski definition) is 3. The van der Waals surface area contributed by atoms with Gasteiger partial charge in [0, 0.05) is 16.5 Å². The summed E-state index contributed by atoms with van der Waals surface area (Å²) in [4.78, 5) is 6.03. The first-order valence-corrected chi connectivity index (χ1v) is 8.50. The number of benzene rings is 1. The zero-order chi connectivity index (χ0) is 14.8. The van der Waals surface area contributed by atoms with E-state index in [2.05, 4.69) is 12.2 Å². The van der Waals surface area contributed by atoms with Crippen molar-refractivity contribution in [3.05, 3.63) is 40.2 Å². The van der Waals surface area contributed by atoms with Crippen LogP contribution in [0, 0.1) is 12.7 Å². The second kappa shape index (κ2) is 6.24. The number of halogens is 1. The molecule has 0 radical (unpaired) electrons. The van der Waals surface area contributed by atoms with E-state index in [1.165, 1.54) is 10.9 Å². The fraction of sp³-hybridized carbons (Fsp3) is 0.471. The van der Waals surface area contributed by atoms with Gasteiger partial charge in [0.15, 0.2) is 0 Å². The van der Waals surface area contributed by atoms with E-state index in [1.807, 2.05) is 13.0 Å². The van der Waals surface area contributed by atoms with Crippen LogP contribution in [0.3, 0.4) is 0 Å². The van der Waals surface area contributed by atoms with Crippen LogP contribution >= 0.6 is 11.3 Å². The Bertz CT molecular complexity index is 636. The molecule has 0 fully saturated rings.